The van der Waals surface area contributed by atoms with Crippen LogP contribution in [0.5, 0.6) is 0 Å². The third-order valence-electron chi connectivity index (χ3n) is 3.35. The SMILES string of the molecule is C[Si](C)(C)C12CCCCC1O2. The quantitative estimate of drug-likeness (QED) is 0.435. The first-order valence-corrected chi connectivity index (χ1v) is 8.24. The van der Waals surface area contributed by atoms with Gasteiger partial charge in [0, 0.05) is 0 Å². The van der Waals surface area contributed by atoms with Gasteiger partial charge < -0.3 is 4.74 Å². The zero-order valence-corrected chi connectivity index (χ0v) is 8.81. The van der Waals surface area contributed by atoms with Gasteiger partial charge in [0.05, 0.1) is 19.4 Å². The number of hydrogen-bond donors (Lipinski definition) is 0. The lowest BCUT2D eigenvalue weighted by Crippen LogP contribution is -2.44. The molecule has 2 unspecified atom stereocenters. The Morgan fingerprint density at radius 2 is 2.00 bits per heavy atom. The van der Waals surface area contributed by atoms with Crippen LogP contribution < -0.4 is 0 Å². The van der Waals surface area contributed by atoms with Crippen LogP contribution in [-0.2, 0) is 4.74 Å². The second-order valence-electron chi connectivity index (χ2n) is 4.99. The van der Waals surface area contributed by atoms with E-state index in [1.165, 1.54) is 25.7 Å². The zero-order chi connectivity index (χ0) is 8.11. The zero-order valence-electron chi connectivity index (χ0n) is 7.81. The summed E-state index contributed by atoms with van der Waals surface area (Å²) in [7, 11) is -1.03. The highest BCUT2D eigenvalue weighted by Crippen LogP contribution is 2.53. The Balaban J connectivity index is 2.13. The minimum absolute atomic E-state index is 0.422. The van der Waals surface area contributed by atoms with Gasteiger partial charge in [-0.2, -0.15) is 0 Å². The Hall–Kier alpha value is 0.177. The molecule has 2 aliphatic rings. The summed E-state index contributed by atoms with van der Waals surface area (Å²) in [4.78, 5) is 0. The van der Waals surface area contributed by atoms with Crippen molar-refractivity contribution in [2.45, 2.75) is 56.7 Å². The summed E-state index contributed by atoms with van der Waals surface area (Å²) in [6, 6.07) is 0. The third kappa shape index (κ3) is 0.993. The molecular weight excluding hydrogens is 152 g/mol. The van der Waals surface area contributed by atoms with Crippen molar-refractivity contribution >= 4 is 8.07 Å². The lowest BCUT2D eigenvalue weighted by molar-refractivity contribution is 0.343. The van der Waals surface area contributed by atoms with E-state index in [4.69, 9.17) is 4.74 Å². The van der Waals surface area contributed by atoms with Crippen LogP contribution in [0.15, 0.2) is 0 Å². The Morgan fingerprint density at radius 1 is 1.27 bits per heavy atom. The monoisotopic (exact) mass is 170 g/mol. The van der Waals surface area contributed by atoms with E-state index in [0.29, 0.717) is 11.3 Å². The predicted molar refractivity (Wildman–Crippen MR) is 49.4 cm³/mol. The number of hydrogen-bond acceptors (Lipinski definition) is 1. The van der Waals surface area contributed by atoms with Crippen molar-refractivity contribution in [3.8, 4) is 0 Å². The molecule has 1 saturated heterocycles. The molecule has 0 aromatic carbocycles. The van der Waals surface area contributed by atoms with Crippen LogP contribution in [0.25, 0.3) is 0 Å². The Bertz CT molecular complexity index is 173. The first-order valence-electron chi connectivity index (χ1n) is 4.74. The molecule has 0 spiro atoms. The molecule has 1 heterocycles. The van der Waals surface area contributed by atoms with Gasteiger partial charge in [-0.15, -0.1) is 0 Å². The molecule has 1 saturated carbocycles. The fraction of sp³-hybridized carbons (Fsp3) is 1.00. The highest BCUT2D eigenvalue weighted by atomic mass is 28.3. The molecule has 2 fully saturated rings. The van der Waals surface area contributed by atoms with Gasteiger partial charge in [0.15, 0.2) is 0 Å². The molecule has 11 heavy (non-hydrogen) atoms. The maximum absolute atomic E-state index is 5.89. The van der Waals surface area contributed by atoms with E-state index in [-0.39, 0.29) is 0 Å². The molecule has 0 N–H and O–H groups in total. The molecule has 1 aliphatic carbocycles. The van der Waals surface area contributed by atoms with E-state index < -0.39 is 8.07 Å². The predicted octanol–water partition coefficient (Wildman–Crippen LogP) is 2.58. The summed E-state index contributed by atoms with van der Waals surface area (Å²) < 4.78 is 5.89. The molecule has 0 radical (unpaired) electrons. The van der Waals surface area contributed by atoms with E-state index in [0.717, 1.165) is 0 Å². The van der Waals surface area contributed by atoms with Crippen LogP contribution >= 0.6 is 0 Å². The summed E-state index contributed by atoms with van der Waals surface area (Å²) in [6.45, 7) is 7.33. The third-order valence-corrected chi connectivity index (χ3v) is 6.58. The number of rotatable bonds is 1. The molecule has 0 aromatic rings. The van der Waals surface area contributed by atoms with E-state index in [2.05, 4.69) is 19.6 Å². The first-order chi connectivity index (χ1) is 5.06. The lowest BCUT2D eigenvalue weighted by atomic mass is 10.0. The van der Waals surface area contributed by atoms with E-state index in [1.54, 1.807) is 0 Å². The van der Waals surface area contributed by atoms with Gasteiger partial charge in [0.1, 0.15) is 0 Å². The van der Waals surface area contributed by atoms with E-state index in [9.17, 15) is 0 Å². The van der Waals surface area contributed by atoms with E-state index >= 15 is 0 Å². The fourth-order valence-corrected chi connectivity index (χ4v) is 5.02. The van der Waals surface area contributed by atoms with Crippen molar-refractivity contribution in [3.63, 3.8) is 0 Å². The molecule has 0 amide bonds. The topological polar surface area (TPSA) is 12.5 Å². The highest BCUT2D eigenvalue weighted by Gasteiger charge is 2.63. The average molecular weight is 170 g/mol. The Kier molecular flexibility index (Phi) is 1.49. The lowest BCUT2D eigenvalue weighted by Gasteiger charge is -2.28. The molecule has 2 heteroatoms. The van der Waals surface area contributed by atoms with Gasteiger partial charge in [-0.05, 0) is 12.8 Å². The van der Waals surface area contributed by atoms with Gasteiger partial charge >= 0.3 is 0 Å². The van der Waals surface area contributed by atoms with Crippen LogP contribution in [0.1, 0.15) is 25.7 Å². The minimum atomic E-state index is -1.03. The largest absolute Gasteiger partial charge is 0.370 e. The maximum Gasteiger partial charge on any atom is 0.0858 e. The van der Waals surface area contributed by atoms with Gasteiger partial charge in [0.2, 0.25) is 0 Å². The molecule has 1 aliphatic heterocycles. The summed E-state index contributed by atoms with van der Waals surface area (Å²) in [5.74, 6) is 0. The average Bonchev–Trinajstić information content (AvgIpc) is 2.59. The van der Waals surface area contributed by atoms with Crippen LogP contribution in [0.3, 0.4) is 0 Å². The molecule has 1 nitrogen and oxygen atoms in total. The van der Waals surface area contributed by atoms with E-state index in [1.807, 2.05) is 0 Å². The Labute approximate surface area is 70.1 Å². The van der Waals surface area contributed by atoms with Gasteiger partial charge in [-0.25, -0.2) is 0 Å². The molecular formula is C9H18OSi. The van der Waals surface area contributed by atoms with Crippen molar-refractivity contribution in [2.24, 2.45) is 0 Å². The van der Waals surface area contributed by atoms with Crippen LogP contribution in [0.2, 0.25) is 19.6 Å². The number of epoxide rings is 1. The normalized spacial score (nSPS) is 43.4. The molecule has 0 aromatic heterocycles. The molecule has 2 atom stereocenters. The van der Waals surface area contributed by atoms with Crippen molar-refractivity contribution in [2.75, 3.05) is 0 Å². The fourth-order valence-electron chi connectivity index (χ4n) is 2.48. The van der Waals surface area contributed by atoms with Crippen molar-refractivity contribution in [1.29, 1.82) is 0 Å². The molecule has 64 valence electrons. The second-order valence-corrected chi connectivity index (χ2v) is 10.3. The first kappa shape index (κ1) is 7.81. The van der Waals surface area contributed by atoms with Gasteiger partial charge in [-0.3, -0.25) is 0 Å². The summed E-state index contributed by atoms with van der Waals surface area (Å²) in [5, 5.41) is 0.422. The molecule has 0 bridgehead atoms. The maximum atomic E-state index is 5.89. The van der Waals surface area contributed by atoms with Crippen molar-refractivity contribution in [3.05, 3.63) is 0 Å². The van der Waals surface area contributed by atoms with Gasteiger partial charge in [0.25, 0.3) is 0 Å². The summed E-state index contributed by atoms with van der Waals surface area (Å²) in [6.07, 6.45) is 6.16. The van der Waals surface area contributed by atoms with Gasteiger partial charge in [-0.1, -0.05) is 32.5 Å². The Morgan fingerprint density at radius 3 is 2.45 bits per heavy atom. The summed E-state index contributed by atoms with van der Waals surface area (Å²) in [5.41, 5.74) is 0. The van der Waals surface area contributed by atoms with Crippen molar-refractivity contribution in [1.82, 2.24) is 0 Å². The number of fused-ring (bicyclic) bond motifs is 1. The standard InChI is InChI=1S/C9H18OSi/c1-11(2,3)9-7-5-4-6-8(9)10-9/h8H,4-7H2,1-3H3. The highest BCUT2D eigenvalue weighted by molar-refractivity contribution is 6.79. The van der Waals surface area contributed by atoms with Crippen molar-refractivity contribution < 1.29 is 4.74 Å². The summed E-state index contributed by atoms with van der Waals surface area (Å²) >= 11 is 0. The second kappa shape index (κ2) is 2.11. The van der Waals surface area contributed by atoms with Crippen LogP contribution in [0.4, 0.5) is 0 Å². The molecule has 2 rings (SSSR count). The van der Waals surface area contributed by atoms with Crippen LogP contribution in [0, 0.1) is 0 Å². The number of ether oxygens (including phenoxy) is 1. The minimum Gasteiger partial charge on any atom is -0.370 e. The smallest absolute Gasteiger partial charge is 0.0858 e. The van der Waals surface area contributed by atoms with Crippen LogP contribution in [-0.4, -0.2) is 19.4 Å².